The van der Waals surface area contributed by atoms with E-state index in [0.29, 0.717) is 11.7 Å². The van der Waals surface area contributed by atoms with Crippen molar-refractivity contribution in [3.05, 3.63) is 65.6 Å². The number of hydrogen-bond acceptors (Lipinski definition) is 3. The smallest absolute Gasteiger partial charge is 0.277 e. The molecule has 1 aliphatic carbocycles. The number of hydrogen-bond donors (Lipinski definition) is 1. The molecule has 0 saturated heterocycles. The second-order valence-corrected chi connectivity index (χ2v) is 7.25. The van der Waals surface area contributed by atoms with Crippen molar-refractivity contribution in [2.24, 2.45) is 11.3 Å². The van der Waals surface area contributed by atoms with Crippen LogP contribution >= 0.6 is 0 Å². The first-order chi connectivity index (χ1) is 12.0. The van der Waals surface area contributed by atoms with Gasteiger partial charge in [0.1, 0.15) is 0 Å². The van der Waals surface area contributed by atoms with E-state index in [1.54, 1.807) is 6.07 Å². The number of amides is 1. The lowest BCUT2D eigenvalue weighted by molar-refractivity contribution is 0.101. The predicted octanol–water partition coefficient (Wildman–Crippen LogP) is 5.32. The van der Waals surface area contributed by atoms with Crippen LogP contribution in [-0.2, 0) is 0 Å². The Morgan fingerprint density at radius 2 is 2.08 bits per heavy atom. The predicted molar refractivity (Wildman–Crippen MR) is 100 cm³/mol. The van der Waals surface area contributed by atoms with Crippen molar-refractivity contribution in [2.45, 2.75) is 33.6 Å². The number of carbonyl (C=O) groups excluding carboxylic acids is 1. The molecular weight excluding hydrogens is 312 g/mol. The van der Waals surface area contributed by atoms with E-state index in [2.05, 4.69) is 43.4 Å². The summed E-state index contributed by atoms with van der Waals surface area (Å²) in [6.07, 6.45) is 8.68. The highest BCUT2D eigenvalue weighted by atomic mass is 16.5. The van der Waals surface area contributed by atoms with E-state index in [0.717, 1.165) is 12.1 Å². The molecule has 2 aromatic rings. The molecule has 0 aliphatic heterocycles. The molecule has 130 valence electrons. The summed E-state index contributed by atoms with van der Waals surface area (Å²) in [5.74, 6) is 0.684. The van der Waals surface area contributed by atoms with E-state index in [1.165, 1.54) is 12.0 Å². The van der Waals surface area contributed by atoms with Gasteiger partial charge in [-0.2, -0.15) is 0 Å². The lowest BCUT2D eigenvalue weighted by Gasteiger charge is -2.36. The fraction of sp³-hybridized carbons (Fsp3) is 0.333. The van der Waals surface area contributed by atoms with Crippen LogP contribution in [0.25, 0.3) is 6.08 Å². The van der Waals surface area contributed by atoms with Gasteiger partial charge in [0, 0.05) is 17.7 Å². The molecule has 0 spiro atoms. The molecule has 25 heavy (non-hydrogen) atoms. The summed E-state index contributed by atoms with van der Waals surface area (Å²) in [5.41, 5.74) is 2.62. The quantitative estimate of drug-likeness (QED) is 0.769. The second-order valence-electron chi connectivity index (χ2n) is 7.25. The number of carbonyl (C=O) groups is 1. The summed E-state index contributed by atoms with van der Waals surface area (Å²) in [6.45, 7) is 6.75. The van der Waals surface area contributed by atoms with E-state index in [9.17, 15) is 4.79 Å². The molecule has 1 aromatic carbocycles. The van der Waals surface area contributed by atoms with Crippen LogP contribution < -0.4 is 5.32 Å². The van der Waals surface area contributed by atoms with Gasteiger partial charge in [-0.3, -0.25) is 4.79 Å². The summed E-state index contributed by atoms with van der Waals surface area (Å²) < 4.78 is 5.30. The fourth-order valence-corrected chi connectivity index (χ4v) is 3.37. The number of anilines is 1. The van der Waals surface area contributed by atoms with E-state index < -0.39 is 0 Å². The van der Waals surface area contributed by atoms with Crippen molar-refractivity contribution in [3.63, 3.8) is 0 Å². The Morgan fingerprint density at radius 1 is 1.32 bits per heavy atom. The largest absolute Gasteiger partial charge is 0.356 e. The minimum atomic E-state index is -0.274. The maximum absolute atomic E-state index is 12.2. The summed E-state index contributed by atoms with van der Waals surface area (Å²) >= 11 is 0. The number of para-hydroxylation sites is 1. The number of nitrogens with zero attached hydrogens (tertiary/aromatic N) is 1. The Kier molecular flexibility index (Phi) is 4.88. The molecule has 1 amide bonds. The Balaban J connectivity index is 1.70. The summed E-state index contributed by atoms with van der Waals surface area (Å²) in [6, 6.07) is 11.0. The molecule has 1 unspecified atom stereocenters. The zero-order valence-corrected chi connectivity index (χ0v) is 15.0. The third-order valence-electron chi connectivity index (χ3n) is 4.83. The number of rotatable bonds is 4. The zero-order valence-electron chi connectivity index (χ0n) is 15.0. The number of allylic oxidation sites excluding steroid dienone is 3. The van der Waals surface area contributed by atoms with Crippen LogP contribution in [0.2, 0.25) is 0 Å². The van der Waals surface area contributed by atoms with Gasteiger partial charge in [0.25, 0.3) is 5.91 Å². The van der Waals surface area contributed by atoms with Gasteiger partial charge < -0.3 is 9.84 Å². The summed E-state index contributed by atoms with van der Waals surface area (Å²) in [4.78, 5) is 12.2. The van der Waals surface area contributed by atoms with Gasteiger partial charge in [0.2, 0.25) is 0 Å². The molecule has 0 fully saturated rings. The number of benzene rings is 1. The molecule has 1 aliphatic rings. The van der Waals surface area contributed by atoms with Crippen molar-refractivity contribution in [1.29, 1.82) is 0 Å². The van der Waals surface area contributed by atoms with E-state index in [1.807, 2.05) is 36.4 Å². The van der Waals surface area contributed by atoms with Crippen molar-refractivity contribution in [2.75, 3.05) is 5.32 Å². The Bertz CT molecular complexity index is 800. The molecule has 1 aromatic heterocycles. The van der Waals surface area contributed by atoms with E-state index >= 15 is 0 Å². The molecule has 4 heteroatoms. The highest BCUT2D eigenvalue weighted by molar-refractivity contribution is 6.02. The molecule has 3 rings (SSSR count). The fourth-order valence-electron chi connectivity index (χ4n) is 3.37. The van der Waals surface area contributed by atoms with Crippen LogP contribution in [0, 0.1) is 11.3 Å². The van der Waals surface area contributed by atoms with Crippen molar-refractivity contribution >= 4 is 17.7 Å². The molecule has 0 saturated carbocycles. The number of aromatic nitrogens is 1. The van der Waals surface area contributed by atoms with Gasteiger partial charge in [0.15, 0.2) is 11.5 Å². The maximum atomic E-state index is 12.2. The van der Waals surface area contributed by atoms with Crippen LogP contribution in [0.15, 0.2) is 58.6 Å². The first-order valence-electron chi connectivity index (χ1n) is 8.64. The zero-order chi connectivity index (χ0) is 17.9. The topological polar surface area (TPSA) is 55.1 Å². The van der Waals surface area contributed by atoms with Gasteiger partial charge >= 0.3 is 0 Å². The standard InChI is InChI=1S/C21H24N2O2/c1-15-8-7-13-21(2,3)18(15)12-11-17-14-19(23-25-17)20(24)22-16-9-5-4-6-10-16/h4-6,8-12,14,18H,7,13H2,1-3H3,(H,22,24)/b12-11+. The van der Waals surface area contributed by atoms with E-state index in [-0.39, 0.29) is 17.0 Å². The monoisotopic (exact) mass is 336 g/mol. The Hall–Kier alpha value is -2.62. The SMILES string of the molecule is CC1=CCCC(C)(C)C1/C=C/c1cc(C(=O)Nc2ccccc2)no1. The van der Waals surface area contributed by atoms with Crippen LogP contribution in [-0.4, -0.2) is 11.1 Å². The maximum Gasteiger partial charge on any atom is 0.277 e. The van der Waals surface area contributed by atoms with Crippen molar-refractivity contribution in [1.82, 2.24) is 5.16 Å². The normalized spacial score (nSPS) is 19.6. The van der Waals surface area contributed by atoms with Crippen LogP contribution in [0.3, 0.4) is 0 Å². The molecular formula is C21H24N2O2. The molecule has 1 heterocycles. The summed E-state index contributed by atoms with van der Waals surface area (Å²) in [7, 11) is 0. The third kappa shape index (κ3) is 4.08. The van der Waals surface area contributed by atoms with Gasteiger partial charge in [-0.05, 0) is 43.4 Å². The van der Waals surface area contributed by atoms with E-state index in [4.69, 9.17) is 4.52 Å². The molecule has 0 radical (unpaired) electrons. The minimum absolute atomic E-state index is 0.225. The van der Waals surface area contributed by atoms with Crippen molar-refractivity contribution < 1.29 is 9.32 Å². The average Bonchev–Trinajstić information content (AvgIpc) is 3.04. The van der Waals surface area contributed by atoms with Crippen LogP contribution in [0.1, 0.15) is 49.9 Å². The van der Waals surface area contributed by atoms with Gasteiger partial charge in [-0.25, -0.2) is 0 Å². The Labute approximate surface area is 148 Å². The lowest BCUT2D eigenvalue weighted by atomic mass is 9.68. The van der Waals surface area contributed by atoms with Gasteiger partial charge in [-0.15, -0.1) is 0 Å². The van der Waals surface area contributed by atoms with Gasteiger partial charge in [-0.1, -0.05) is 54.9 Å². The molecule has 1 N–H and O–H groups in total. The first-order valence-corrected chi connectivity index (χ1v) is 8.64. The summed E-state index contributed by atoms with van der Waals surface area (Å²) in [5, 5.41) is 6.68. The van der Waals surface area contributed by atoms with Crippen LogP contribution in [0.5, 0.6) is 0 Å². The van der Waals surface area contributed by atoms with Crippen LogP contribution in [0.4, 0.5) is 5.69 Å². The third-order valence-corrected chi connectivity index (χ3v) is 4.83. The second kappa shape index (κ2) is 7.09. The highest BCUT2D eigenvalue weighted by Crippen LogP contribution is 2.41. The lowest BCUT2D eigenvalue weighted by Crippen LogP contribution is -2.26. The first kappa shape index (κ1) is 17.2. The number of nitrogens with one attached hydrogen (secondary N) is 1. The molecule has 1 atom stereocenters. The average molecular weight is 336 g/mol. The van der Waals surface area contributed by atoms with Crippen molar-refractivity contribution in [3.8, 4) is 0 Å². The Morgan fingerprint density at radius 3 is 2.80 bits per heavy atom. The van der Waals surface area contributed by atoms with Gasteiger partial charge in [0.05, 0.1) is 0 Å². The highest BCUT2D eigenvalue weighted by Gasteiger charge is 2.30. The molecule has 4 nitrogen and oxygen atoms in total. The molecule has 0 bridgehead atoms. The minimum Gasteiger partial charge on any atom is -0.356 e.